The van der Waals surface area contributed by atoms with Gasteiger partial charge in [-0.25, -0.2) is 4.79 Å². The molecule has 2 aromatic carbocycles. The van der Waals surface area contributed by atoms with Crippen molar-refractivity contribution >= 4 is 17.4 Å². The van der Waals surface area contributed by atoms with Crippen LogP contribution in [0.2, 0.25) is 0 Å². The number of thiophene rings is 1. The van der Waals surface area contributed by atoms with E-state index in [1.54, 1.807) is 12.7 Å². The fourth-order valence-electron chi connectivity index (χ4n) is 4.95. The molecule has 1 aliphatic carbocycles. The molecule has 4 nitrogen and oxygen atoms in total. The maximum absolute atomic E-state index is 13.4. The van der Waals surface area contributed by atoms with E-state index in [4.69, 9.17) is 4.74 Å². The zero-order valence-electron chi connectivity index (χ0n) is 17.9. The summed E-state index contributed by atoms with van der Waals surface area (Å²) in [5.41, 5.74) is 5.23. The maximum atomic E-state index is 13.4. The molecule has 1 N–H and O–H groups in total. The molecule has 0 spiro atoms. The van der Waals surface area contributed by atoms with E-state index in [1.807, 2.05) is 64.8 Å². The van der Waals surface area contributed by atoms with Gasteiger partial charge in [0.1, 0.15) is 5.75 Å². The van der Waals surface area contributed by atoms with Gasteiger partial charge < -0.3 is 15.0 Å². The lowest BCUT2D eigenvalue weighted by atomic mass is 9.88. The Bertz CT molecular complexity index is 1080. The molecule has 0 fully saturated rings. The zero-order valence-corrected chi connectivity index (χ0v) is 18.7. The second kappa shape index (κ2) is 8.75. The largest absolute Gasteiger partial charge is 0.496 e. The highest BCUT2D eigenvalue weighted by Crippen LogP contribution is 2.46. The van der Waals surface area contributed by atoms with Crippen molar-refractivity contribution in [3.8, 4) is 5.75 Å². The highest BCUT2D eigenvalue weighted by molar-refractivity contribution is 7.12. The maximum Gasteiger partial charge on any atom is 0.318 e. The summed E-state index contributed by atoms with van der Waals surface area (Å²) in [6.07, 6.45) is 5.83. The lowest BCUT2D eigenvalue weighted by molar-refractivity contribution is 0.179. The van der Waals surface area contributed by atoms with E-state index in [1.165, 1.54) is 41.0 Å². The third-order valence-electron chi connectivity index (χ3n) is 6.46. The van der Waals surface area contributed by atoms with Gasteiger partial charge in [0.05, 0.1) is 13.2 Å². The molecule has 3 aromatic rings. The van der Waals surface area contributed by atoms with Crippen LogP contribution >= 0.6 is 11.3 Å². The van der Waals surface area contributed by atoms with E-state index in [0.29, 0.717) is 6.54 Å². The summed E-state index contributed by atoms with van der Waals surface area (Å²) in [6, 6.07) is 18.1. The number of fused-ring (bicyclic) bond motifs is 3. The Kier molecular flexibility index (Phi) is 5.68. The molecule has 2 heterocycles. The topological polar surface area (TPSA) is 41.6 Å². The highest BCUT2D eigenvalue weighted by Gasteiger charge is 2.37. The fourth-order valence-corrected chi connectivity index (χ4v) is 6.52. The number of benzene rings is 2. The zero-order chi connectivity index (χ0) is 21.2. The summed E-state index contributed by atoms with van der Waals surface area (Å²) in [5.74, 6) is 0.840. The molecule has 0 bridgehead atoms. The van der Waals surface area contributed by atoms with Crippen molar-refractivity contribution in [1.29, 1.82) is 0 Å². The minimum atomic E-state index is -0.105. The minimum Gasteiger partial charge on any atom is -0.496 e. The number of carbonyl (C=O) groups is 1. The van der Waals surface area contributed by atoms with E-state index < -0.39 is 0 Å². The van der Waals surface area contributed by atoms with Crippen molar-refractivity contribution in [2.75, 3.05) is 13.7 Å². The highest BCUT2D eigenvalue weighted by atomic mass is 32.1. The Morgan fingerprint density at radius 2 is 1.81 bits per heavy atom. The lowest BCUT2D eigenvalue weighted by Gasteiger charge is -2.37. The summed E-state index contributed by atoms with van der Waals surface area (Å²) in [4.78, 5) is 18.3. The molecule has 5 rings (SSSR count). The molecule has 5 heteroatoms. The average Bonchev–Trinajstić information content (AvgIpc) is 3.21. The van der Waals surface area contributed by atoms with Crippen LogP contribution in [0.5, 0.6) is 5.75 Å². The predicted molar refractivity (Wildman–Crippen MR) is 125 cm³/mol. The number of methoxy groups -OCH3 is 1. The first-order chi connectivity index (χ1) is 15.3. The molecule has 1 unspecified atom stereocenters. The number of urea groups is 1. The molecular formula is C26H28N2O2S. The van der Waals surface area contributed by atoms with Crippen molar-refractivity contribution < 1.29 is 9.53 Å². The van der Waals surface area contributed by atoms with Gasteiger partial charge in [0, 0.05) is 28.4 Å². The predicted octanol–water partition coefficient (Wildman–Crippen LogP) is 5.49. The molecule has 0 radical (unpaired) electrons. The van der Waals surface area contributed by atoms with E-state index >= 15 is 0 Å². The molecule has 0 saturated heterocycles. The van der Waals surface area contributed by atoms with Crippen molar-refractivity contribution in [1.82, 2.24) is 10.2 Å². The van der Waals surface area contributed by atoms with E-state index in [9.17, 15) is 4.79 Å². The van der Waals surface area contributed by atoms with Crippen molar-refractivity contribution in [2.24, 2.45) is 0 Å². The first kappa shape index (κ1) is 20.1. The van der Waals surface area contributed by atoms with Gasteiger partial charge in [-0.15, -0.1) is 11.3 Å². The molecule has 1 atom stereocenters. The summed E-state index contributed by atoms with van der Waals surface area (Å²) in [7, 11) is 1.71. The van der Waals surface area contributed by atoms with Crippen LogP contribution in [0, 0.1) is 0 Å². The summed E-state index contributed by atoms with van der Waals surface area (Å²) >= 11 is 1.92. The number of nitrogens with zero attached hydrogens (tertiary/aromatic N) is 1. The van der Waals surface area contributed by atoms with Crippen LogP contribution in [0.1, 0.15) is 50.9 Å². The first-order valence-corrected chi connectivity index (χ1v) is 11.9. The number of para-hydroxylation sites is 1. The average molecular weight is 433 g/mol. The Hall–Kier alpha value is -2.79. The molecular weight excluding hydrogens is 404 g/mol. The molecule has 2 aliphatic rings. The first-order valence-electron chi connectivity index (χ1n) is 11.1. The summed E-state index contributed by atoms with van der Waals surface area (Å²) in [6.45, 7) is 1.25. The molecule has 0 saturated carbocycles. The van der Waals surface area contributed by atoms with Crippen LogP contribution < -0.4 is 10.1 Å². The van der Waals surface area contributed by atoms with Crippen LogP contribution in [0.3, 0.4) is 0 Å². The monoisotopic (exact) mass is 432 g/mol. The van der Waals surface area contributed by atoms with Gasteiger partial charge in [0.25, 0.3) is 0 Å². The second-order valence-corrected chi connectivity index (χ2v) is 9.42. The SMILES string of the molecule is COc1ccccc1C1c2sc3c(c2CCN1C(=O)NCc1ccccc1)CCCC3. The van der Waals surface area contributed by atoms with Crippen LogP contribution in [0.4, 0.5) is 4.79 Å². The van der Waals surface area contributed by atoms with E-state index in [0.717, 1.165) is 29.8 Å². The van der Waals surface area contributed by atoms with Crippen molar-refractivity contribution in [3.63, 3.8) is 0 Å². The van der Waals surface area contributed by atoms with E-state index in [-0.39, 0.29) is 12.1 Å². The van der Waals surface area contributed by atoms with Gasteiger partial charge in [0.15, 0.2) is 0 Å². The normalized spacial score (nSPS) is 17.6. The van der Waals surface area contributed by atoms with Crippen molar-refractivity contribution in [2.45, 2.75) is 44.7 Å². The number of rotatable bonds is 4. The van der Waals surface area contributed by atoms with Crippen LogP contribution in [0.25, 0.3) is 0 Å². The molecule has 31 heavy (non-hydrogen) atoms. The number of nitrogens with one attached hydrogen (secondary N) is 1. The number of hydrogen-bond donors (Lipinski definition) is 1. The molecule has 160 valence electrons. The van der Waals surface area contributed by atoms with Crippen LogP contribution in [-0.4, -0.2) is 24.6 Å². The third kappa shape index (κ3) is 3.83. The van der Waals surface area contributed by atoms with Crippen molar-refractivity contribution in [3.05, 3.63) is 86.6 Å². The molecule has 1 aliphatic heterocycles. The third-order valence-corrected chi connectivity index (χ3v) is 7.84. The quantitative estimate of drug-likeness (QED) is 0.592. The summed E-state index contributed by atoms with van der Waals surface area (Å²) in [5, 5.41) is 3.15. The Morgan fingerprint density at radius 1 is 1.03 bits per heavy atom. The van der Waals surface area contributed by atoms with Gasteiger partial charge in [0.2, 0.25) is 0 Å². The Balaban J connectivity index is 1.51. The Labute approximate surface area is 187 Å². The van der Waals surface area contributed by atoms with Gasteiger partial charge >= 0.3 is 6.03 Å². The minimum absolute atomic E-state index is 0.0169. The summed E-state index contributed by atoms with van der Waals surface area (Å²) < 4.78 is 5.72. The van der Waals surface area contributed by atoms with Gasteiger partial charge in [-0.3, -0.25) is 0 Å². The van der Waals surface area contributed by atoms with Gasteiger partial charge in [-0.1, -0.05) is 48.5 Å². The number of aryl methyl sites for hydroxylation is 1. The van der Waals surface area contributed by atoms with Gasteiger partial charge in [-0.2, -0.15) is 0 Å². The number of amides is 2. The Morgan fingerprint density at radius 3 is 2.65 bits per heavy atom. The number of carbonyl (C=O) groups excluding carboxylic acids is 1. The number of hydrogen-bond acceptors (Lipinski definition) is 3. The molecule has 1 aromatic heterocycles. The fraction of sp³-hybridized carbons (Fsp3) is 0.346. The van der Waals surface area contributed by atoms with E-state index in [2.05, 4.69) is 11.4 Å². The van der Waals surface area contributed by atoms with Crippen LogP contribution in [-0.2, 0) is 25.8 Å². The van der Waals surface area contributed by atoms with Crippen LogP contribution in [0.15, 0.2) is 54.6 Å². The second-order valence-electron chi connectivity index (χ2n) is 8.29. The lowest BCUT2D eigenvalue weighted by Crippen LogP contribution is -2.45. The standard InChI is InChI=1S/C26H28N2O2S/c1-30-22-13-7-5-12-21(22)24-25-20(19-11-6-8-14-23(19)31-25)15-16-28(24)26(29)27-17-18-9-3-2-4-10-18/h2-5,7,9-10,12-13,24H,6,8,11,14-17H2,1H3,(H,27,29). The smallest absolute Gasteiger partial charge is 0.318 e. The molecule has 2 amide bonds. The van der Waals surface area contributed by atoms with Gasteiger partial charge in [-0.05, 0) is 54.9 Å². The number of ether oxygens (including phenoxy) is 1.